The smallest absolute Gasteiger partial charge is 0.244 e. The number of halogens is 1. The van der Waals surface area contributed by atoms with Gasteiger partial charge in [-0.05, 0) is 43.7 Å². The van der Waals surface area contributed by atoms with Gasteiger partial charge in [0.15, 0.2) is 0 Å². The van der Waals surface area contributed by atoms with Crippen LogP contribution in [0.3, 0.4) is 0 Å². The van der Waals surface area contributed by atoms with Crippen LogP contribution in [0.2, 0.25) is 0 Å². The third kappa shape index (κ3) is 3.68. The summed E-state index contributed by atoms with van der Waals surface area (Å²) in [6, 6.07) is 6.88. The maximum absolute atomic E-state index is 13.9. The highest BCUT2D eigenvalue weighted by Crippen LogP contribution is 2.25. The molecule has 1 atom stereocenters. The first-order chi connectivity index (χ1) is 9.83. The van der Waals surface area contributed by atoms with Crippen molar-refractivity contribution in [3.63, 3.8) is 0 Å². The van der Waals surface area contributed by atoms with Gasteiger partial charge in [-0.2, -0.15) is 0 Å². The minimum absolute atomic E-state index is 0.327. The minimum atomic E-state index is -3.95. The molecular formula is C14H16FNO3S2. The molecule has 0 aliphatic rings. The predicted molar refractivity (Wildman–Crippen MR) is 80.1 cm³/mol. The van der Waals surface area contributed by atoms with Crippen LogP contribution in [0.1, 0.15) is 28.3 Å². The van der Waals surface area contributed by atoms with Crippen LogP contribution < -0.4 is 4.72 Å². The van der Waals surface area contributed by atoms with Gasteiger partial charge in [-0.3, -0.25) is 0 Å². The number of hydrogen-bond donors (Lipinski definition) is 2. The predicted octanol–water partition coefficient (Wildman–Crippen LogP) is 2.73. The molecule has 1 aromatic carbocycles. The third-order valence-corrected chi connectivity index (χ3v) is 5.75. The van der Waals surface area contributed by atoms with E-state index in [0.29, 0.717) is 5.56 Å². The molecule has 1 heterocycles. The molecule has 7 heteroatoms. The van der Waals surface area contributed by atoms with E-state index in [1.807, 2.05) is 19.1 Å². The van der Waals surface area contributed by atoms with Crippen LogP contribution in [-0.4, -0.2) is 13.5 Å². The number of nitrogens with one attached hydrogen (secondary N) is 1. The average molecular weight is 329 g/mol. The van der Waals surface area contributed by atoms with Gasteiger partial charge in [-0.15, -0.1) is 11.3 Å². The van der Waals surface area contributed by atoms with Crippen LogP contribution >= 0.6 is 11.3 Å². The van der Waals surface area contributed by atoms with E-state index in [1.165, 1.54) is 17.4 Å². The van der Waals surface area contributed by atoms with Crippen molar-refractivity contribution < 1.29 is 17.9 Å². The molecule has 0 spiro atoms. The van der Waals surface area contributed by atoms with E-state index in [4.69, 9.17) is 5.11 Å². The highest BCUT2D eigenvalue weighted by atomic mass is 32.2. The summed E-state index contributed by atoms with van der Waals surface area (Å²) in [6.45, 7) is 3.31. The molecule has 21 heavy (non-hydrogen) atoms. The van der Waals surface area contributed by atoms with E-state index in [2.05, 4.69) is 4.72 Å². The number of aliphatic hydroxyl groups is 1. The van der Waals surface area contributed by atoms with Gasteiger partial charge in [0.25, 0.3) is 0 Å². The Kier molecular flexibility index (Phi) is 4.77. The lowest BCUT2D eigenvalue weighted by Gasteiger charge is -2.13. The van der Waals surface area contributed by atoms with Crippen molar-refractivity contribution in [3.8, 4) is 0 Å². The van der Waals surface area contributed by atoms with E-state index < -0.39 is 26.8 Å². The summed E-state index contributed by atoms with van der Waals surface area (Å²) in [4.78, 5) is 1.53. The van der Waals surface area contributed by atoms with E-state index in [1.54, 1.807) is 6.92 Å². The molecule has 0 amide bonds. The fourth-order valence-electron chi connectivity index (χ4n) is 1.90. The molecule has 0 fully saturated rings. The van der Waals surface area contributed by atoms with Crippen molar-refractivity contribution in [2.45, 2.75) is 31.4 Å². The first kappa shape index (κ1) is 16.1. The Morgan fingerprint density at radius 1 is 1.33 bits per heavy atom. The van der Waals surface area contributed by atoms with E-state index in [0.717, 1.165) is 21.9 Å². The summed E-state index contributed by atoms with van der Waals surface area (Å²) in [5.74, 6) is -0.872. The van der Waals surface area contributed by atoms with Crippen LogP contribution in [0, 0.1) is 12.7 Å². The van der Waals surface area contributed by atoms with Crippen molar-refractivity contribution in [2.24, 2.45) is 0 Å². The fraction of sp³-hybridized carbons (Fsp3) is 0.286. The Bertz CT molecular complexity index is 740. The summed E-state index contributed by atoms with van der Waals surface area (Å²) in [5.41, 5.74) is 0.327. The SMILES string of the molecule is Cc1ccc(C(C)NS(=O)(=O)c2ccc(CO)cc2F)s1. The fourth-order valence-corrected chi connectivity index (χ4v) is 4.14. The maximum Gasteiger partial charge on any atom is 0.244 e. The highest BCUT2D eigenvalue weighted by molar-refractivity contribution is 7.89. The first-order valence-corrected chi connectivity index (χ1v) is 8.61. The lowest BCUT2D eigenvalue weighted by atomic mass is 10.2. The van der Waals surface area contributed by atoms with Crippen molar-refractivity contribution in [3.05, 3.63) is 51.5 Å². The summed E-state index contributed by atoms with van der Waals surface area (Å²) in [5, 5.41) is 8.92. The van der Waals surface area contributed by atoms with Crippen LogP contribution in [-0.2, 0) is 16.6 Å². The van der Waals surface area contributed by atoms with Crippen LogP contribution in [0.5, 0.6) is 0 Å². The van der Waals surface area contributed by atoms with Crippen LogP contribution in [0.4, 0.5) is 4.39 Å². The van der Waals surface area contributed by atoms with Crippen LogP contribution in [0.25, 0.3) is 0 Å². The van der Waals surface area contributed by atoms with E-state index in [9.17, 15) is 12.8 Å². The van der Waals surface area contributed by atoms with Crippen LogP contribution in [0.15, 0.2) is 35.2 Å². The van der Waals surface area contributed by atoms with Gasteiger partial charge in [0.2, 0.25) is 10.0 Å². The second-order valence-corrected chi connectivity index (χ2v) is 7.72. The summed E-state index contributed by atoms with van der Waals surface area (Å²) in [6.07, 6.45) is 0. The molecule has 0 saturated carbocycles. The van der Waals surface area contributed by atoms with Crippen molar-refractivity contribution in [1.82, 2.24) is 4.72 Å². The molecule has 114 valence electrons. The van der Waals surface area contributed by atoms with Gasteiger partial charge >= 0.3 is 0 Å². The molecule has 1 aromatic heterocycles. The number of thiophene rings is 1. The summed E-state index contributed by atoms with van der Waals surface area (Å²) >= 11 is 1.49. The van der Waals surface area contributed by atoms with Gasteiger partial charge in [0.1, 0.15) is 10.7 Å². The second kappa shape index (κ2) is 6.23. The highest BCUT2D eigenvalue weighted by Gasteiger charge is 2.22. The Morgan fingerprint density at radius 2 is 2.05 bits per heavy atom. The Morgan fingerprint density at radius 3 is 2.57 bits per heavy atom. The molecule has 2 rings (SSSR count). The topological polar surface area (TPSA) is 66.4 Å². The minimum Gasteiger partial charge on any atom is -0.392 e. The van der Waals surface area contributed by atoms with E-state index >= 15 is 0 Å². The zero-order valence-electron chi connectivity index (χ0n) is 11.6. The molecular weight excluding hydrogens is 313 g/mol. The Balaban J connectivity index is 2.26. The summed E-state index contributed by atoms with van der Waals surface area (Å²) in [7, 11) is -3.95. The number of benzene rings is 1. The van der Waals surface area contributed by atoms with Crippen molar-refractivity contribution >= 4 is 21.4 Å². The number of rotatable bonds is 5. The molecule has 0 bridgehead atoms. The molecule has 0 saturated heterocycles. The third-order valence-electron chi connectivity index (χ3n) is 2.99. The Labute approximate surface area is 127 Å². The lowest BCUT2D eigenvalue weighted by Crippen LogP contribution is -2.27. The molecule has 2 N–H and O–H groups in total. The largest absolute Gasteiger partial charge is 0.392 e. The zero-order chi connectivity index (χ0) is 15.6. The standard InChI is InChI=1S/C14H16FNO3S2/c1-9-3-5-13(20-9)10(2)16-21(18,19)14-6-4-11(8-17)7-12(14)15/h3-7,10,16-17H,8H2,1-2H3. The average Bonchev–Trinajstić information content (AvgIpc) is 2.84. The maximum atomic E-state index is 13.9. The van der Waals surface area contributed by atoms with E-state index in [-0.39, 0.29) is 6.61 Å². The van der Waals surface area contributed by atoms with Gasteiger partial charge in [-0.25, -0.2) is 17.5 Å². The molecule has 0 aliphatic carbocycles. The Hall–Kier alpha value is -1.28. The summed E-state index contributed by atoms with van der Waals surface area (Å²) < 4.78 is 40.8. The molecule has 4 nitrogen and oxygen atoms in total. The molecule has 1 unspecified atom stereocenters. The normalized spacial score (nSPS) is 13.3. The van der Waals surface area contributed by atoms with Gasteiger partial charge in [0, 0.05) is 9.75 Å². The molecule has 0 aliphatic heterocycles. The number of sulfonamides is 1. The number of aliphatic hydroxyl groups excluding tert-OH is 1. The van der Waals surface area contributed by atoms with Gasteiger partial charge < -0.3 is 5.11 Å². The van der Waals surface area contributed by atoms with Crippen molar-refractivity contribution in [1.29, 1.82) is 0 Å². The molecule has 0 radical (unpaired) electrons. The van der Waals surface area contributed by atoms with Gasteiger partial charge in [-0.1, -0.05) is 6.07 Å². The number of hydrogen-bond acceptors (Lipinski definition) is 4. The zero-order valence-corrected chi connectivity index (χ0v) is 13.3. The van der Waals surface area contributed by atoms with Gasteiger partial charge in [0.05, 0.1) is 12.6 Å². The molecule has 2 aromatic rings. The monoisotopic (exact) mass is 329 g/mol. The first-order valence-electron chi connectivity index (χ1n) is 6.31. The lowest BCUT2D eigenvalue weighted by molar-refractivity contribution is 0.281. The number of aryl methyl sites for hydroxylation is 1. The quantitative estimate of drug-likeness (QED) is 0.886. The van der Waals surface area contributed by atoms with Crippen molar-refractivity contribution in [2.75, 3.05) is 0 Å². The second-order valence-electron chi connectivity index (χ2n) is 4.71.